The fourth-order valence-corrected chi connectivity index (χ4v) is 5.62. The van der Waals surface area contributed by atoms with Crippen molar-refractivity contribution >= 4 is 21.4 Å². The number of hydrogen-bond acceptors (Lipinski definition) is 6. The molecule has 3 rings (SSSR count). The maximum absolute atomic E-state index is 13.3. The molecule has 0 amide bonds. The Morgan fingerprint density at radius 2 is 1.74 bits per heavy atom. The van der Waals surface area contributed by atoms with Gasteiger partial charge in [0.25, 0.3) is 5.69 Å². The zero-order chi connectivity index (χ0) is 19.6. The lowest BCUT2D eigenvalue weighted by Gasteiger charge is -2.36. The quantitative estimate of drug-likeness (QED) is 0.561. The average Bonchev–Trinajstić information content (AvgIpc) is 2.68. The Morgan fingerprint density at radius 3 is 2.33 bits per heavy atom. The minimum Gasteiger partial charge on any atom is -0.371 e. The Bertz CT molecular complexity index is 785. The minimum absolute atomic E-state index is 0.0503. The highest BCUT2D eigenvalue weighted by Gasteiger charge is 2.33. The van der Waals surface area contributed by atoms with Crippen LogP contribution in [0, 0.1) is 10.1 Å². The van der Waals surface area contributed by atoms with Gasteiger partial charge in [0.2, 0.25) is 10.0 Å². The molecule has 0 N–H and O–H groups in total. The predicted molar refractivity (Wildman–Crippen MR) is 105 cm³/mol. The topological polar surface area (TPSA) is 87.0 Å². The molecule has 0 spiro atoms. The van der Waals surface area contributed by atoms with Crippen LogP contribution >= 0.6 is 0 Å². The van der Waals surface area contributed by atoms with Crippen molar-refractivity contribution in [2.75, 3.05) is 45.2 Å². The smallest absolute Gasteiger partial charge is 0.270 e. The molecule has 1 aliphatic carbocycles. The number of likely N-dealkylation sites (N-methyl/N-ethyl adjacent to an activating group) is 1. The van der Waals surface area contributed by atoms with Crippen molar-refractivity contribution in [1.29, 1.82) is 0 Å². The maximum Gasteiger partial charge on any atom is 0.270 e. The van der Waals surface area contributed by atoms with Crippen LogP contribution in [-0.4, -0.2) is 68.9 Å². The van der Waals surface area contributed by atoms with E-state index in [-0.39, 0.29) is 16.6 Å². The summed E-state index contributed by atoms with van der Waals surface area (Å²) >= 11 is 0. The Hall–Kier alpha value is -1.71. The Balaban J connectivity index is 2.00. The van der Waals surface area contributed by atoms with E-state index < -0.39 is 14.9 Å². The molecule has 0 bridgehead atoms. The lowest BCUT2D eigenvalue weighted by Crippen LogP contribution is -2.47. The Labute approximate surface area is 160 Å². The molecular weight excluding hydrogens is 368 g/mol. The van der Waals surface area contributed by atoms with Crippen LogP contribution in [0.5, 0.6) is 0 Å². The van der Waals surface area contributed by atoms with Gasteiger partial charge in [-0.15, -0.1) is 0 Å². The highest BCUT2D eigenvalue weighted by atomic mass is 32.2. The molecule has 0 unspecified atom stereocenters. The van der Waals surface area contributed by atoms with Crippen LogP contribution < -0.4 is 4.90 Å². The number of benzene rings is 1. The van der Waals surface area contributed by atoms with Gasteiger partial charge in [-0.3, -0.25) is 10.1 Å². The van der Waals surface area contributed by atoms with Gasteiger partial charge in [0.15, 0.2) is 0 Å². The van der Waals surface area contributed by atoms with Crippen LogP contribution in [0.15, 0.2) is 23.1 Å². The molecule has 1 aliphatic heterocycles. The second kappa shape index (κ2) is 8.12. The molecular formula is C18H28N4O4S. The van der Waals surface area contributed by atoms with Crippen LogP contribution in [0.3, 0.4) is 0 Å². The maximum atomic E-state index is 13.3. The number of rotatable bonds is 5. The first-order chi connectivity index (χ1) is 12.8. The summed E-state index contributed by atoms with van der Waals surface area (Å²) in [6, 6.07) is 4.48. The SMILES string of the molecule is CN1CCN(S(=O)(=O)c2cc([N+](=O)[O-])ccc2N(C)C2CCCCC2)CC1. The van der Waals surface area contributed by atoms with Gasteiger partial charge < -0.3 is 9.80 Å². The molecule has 150 valence electrons. The number of sulfonamides is 1. The third-order valence-electron chi connectivity index (χ3n) is 5.74. The fraction of sp³-hybridized carbons (Fsp3) is 0.667. The van der Waals surface area contributed by atoms with E-state index in [1.165, 1.54) is 22.9 Å². The zero-order valence-electron chi connectivity index (χ0n) is 16.0. The van der Waals surface area contributed by atoms with E-state index in [2.05, 4.69) is 4.90 Å². The summed E-state index contributed by atoms with van der Waals surface area (Å²) in [5.41, 5.74) is 0.370. The van der Waals surface area contributed by atoms with Crippen LogP contribution in [0.25, 0.3) is 0 Å². The van der Waals surface area contributed by atoms with Gasteiger partial charge in [0.05, 0.1) is 10.6 Å². The van der Waals surface area contributed by atoms with Crippen molar-refractivity contribution in [2.45, 2.75) is 43.0 Å². The standard InChI is InChI=1S/C18H28N4O4S/c1-19-10-12-21(13-11-19)27(25,26)18-14-16(22(23)24)8-9-17(18)20(2)15-6-4-3-5-7-15/h8-9,14-15H,3-7,10-13H2,1-2H3. The summed E-state index contributed by atoms with van der Waals surface area (Å²) in [6.45, 7) is 2.10. The molecule has 0 radical (unpaired) electrons. The molecule has 1 heterocycles. The number of nitro benzene ring substituents is 1. The summed E-state index contributed by atoms with van der Waals surface area (Å²) in [6.07, 6.45) is 5.49. The molecule has 1 saturated carbocycles. The van der Waals surface area contributed by atoms with E-state index >= 15 is 0 Å². The molecule has 2 aliphatic rings. The average molecular weight is 397 g/mol. The van der Waals surface area contributed by atoms with Crippen molar-refractivity contribution in [3.63, 3.8) is 0 Å². The van der Waals surface area contributed by atoms with Gasteiger partial charge in [-0.25, -0.2) is 8.42 Å². The highest BCUT2D eigenvalue weighted by Crippen LogP contribution is 2.35. The van der Waals surface area contributed by atoms with Crippen LogP contribution in [-0.2, 0) is 10.0 Å². The van der Waals surface area contributed by atoms with E-state index in [4.69, 9.17) is 0 Å². The molecule has 0 aromatic heterocycles. The van der Waals surface area contributed by atoms with Gasteiger partial charge in [0, 0.05) is 51.4 Å². The summed E-state index contributed by atoms with van der Waals surface area (Å²) in [5.74, 6) is 0. The summed E-state index contributed by atoms with van der Waals surface area (Å²) in [7, 11) is 0.0656. The molecule has 1 saturated heterocycles. The van der Waals surface area contributed by atoms with Crippen molar-refractivity contribution in [2.24, 2.45) is 0 Å². The number of nitrogens with zero attached hydrogens (tertiary/aromatic N) is 4. The molecule has 1 aromatic carbocycles. The van der Waals surface area contributed by atoms with Gasteiger partial charge in [-0.2, -0.15) is 4.31 Å². The molecule has 0 atom stereocenters. The first-order valence-corrected chi connectivity index (χ1v) is 10.9. The van der Waals surface area contributed by atoms with Gasteiger partial charge >= 0.3 is 0 Å². The lowest BCUT2D eigenvalue weighted by atomic mass is 9.94. The van der Waals surface area contributed by atoms with Crippen LogP contribution in [0.1, 0.15) is 32.1 Å². The normalized spacial score (nSPS) is 20.5. The lowest BCUT2D eigenvalue weighted by molar-refractivity contribution is -0.385. The van der Waals surface area contributed by atoms with Crippen molar-refractivity contribution in [1.82, 2.24) is 9.21 Å². The second-order valence-electron chi connectivity index (χ2n) is 7.52. The first-order valence-electron chi connectivity index (χ1n) is 9.50. The molecule has 8 nitrogen and oxygen atoms in total. The monoisotopic (exact) mass is 396 g/mol. The van der Waals surface area contributed by atoms with E-state index in [1.54, 1.807) is 6.07 Å². The number of piperazine rings is 1. The van der Waals surface area contributed by atoms with Crippen molar-refractivity contribution in [3.8, 4) is 0 Å². The molecule has 27 heavy (non-hydrogen) atoms. The summed E-state index contributed by atoms with van der Waals surface area (Å²) < 4.78 is 28.1. The van der Waals surface area contributed by atoms with Gasteiger partial charge in [-0.1, -0.05) is 19.3 Å². The zero-order valence-corrected chi connectivity index (χ0v) is 16.8. The van der Waals surface area contributed by atoms with E-state index in [1.807, 2.05) is 19.0 Å². The van der Waals surface area contributed by atoms with Crippen LogP contribution in [0.4, 0.5) is 11.4 Å². The van der Waals surface area contributed by atoms with Crippen LogP contribution in [0.2, 0.25) is 0 Å². The fourth-order valence-electron chi connectivity index (χ4n) is 3.95. The third-order valence-corrected chi connectivity index (χ3v) is 7.66. The highest BCUT2D eigenvalue weighted by molar-refractivity contribution is 7.89. The van der Waals surface area contributed by atoms with E-state index in [0.717, 1.165) is 25.7 Å². The summed E-state index contributed by atoms with van der Waals surface area (Å²) in [5, 5.41) is 11.3. The Kier molecular flexibility index (Phi) is 6.02. The number of hydrogen-bond donors (Lipinski definition) is 0. The summed E-state index contributed by atoms with van der Waals surface area (Å²) in [4.78, 5) is 14.9. The van der Waals surface area contributed by atoms with Crippen molar-refractivity contribution < 1.29 is 13.3 Å². The predicted octanol–water partition coefficient (Wildman–Crippen LogP) is 2.30. The minimum atomic E-state index is -3.80. The van der Waals surface area contributed by atoms with E-state index in [9.17, 15) is 18.5 Å². The Morgan fingerprint density at radius 1 is 1.11 bits per heavy atom. The molecule has 1 aromatic rings. The number of nitro groups is 1. The second-order valence-corrected chi connectivity index (χ2v) is 9.43. The number of non-ortho nitro benzene ring substituents is 1. The first kappa shape index (κ1) is 20.0. The van der Waals surface area contributed by atoms with Gasteiger partial charge in [-0.05, 0) is 26.0 Å². The third kappa shape index (κ3) is 4.25. The largest absolute Gasteiger partial charge is 0.371 e. The van der Waals surface area contributed by atoms with Gasteiger partial charge in [0.1, 0.15) is 4.90 Å². The molecule has 2 fully saturated rings. The van der Waals surface area contributed by atoms with E-state index in [0.29, 0.717) is 31.9 Å². The van der Waals surface area contributed by atoms with Crippen molar-refractivity contribution in [3.05, 3.63) is 28.3 Å². The number of anilines is 1. The molecule has 9 heteroatoms.